The molecule has 0 aliphatic carbocycles. The number of rotatable bonds is 3. The second kappa shape index (κ2) is 6.41. The molecule has 0 spiro atoms. The molecule has 0 saturated carbocycles. The summed E-state index contributed by atoms with van der Waals surface area (Å²) in [5.74, 6) is 0.631. The predicted molar refractivity (Wildman–Crippen MR) is 78.2 cm³/mol. The van der Waals surface area contributed by atoms with E-state index in [1.54, 1.807) is 26.8 Å². The number of nitrogens with one attached hydrogen (secondary N) is 1. The summed E-state index contributed by atoms with van der Waals surface area (Å²) < 4.78 is 10.5. The molecule has 1 saturated heterocycles. The van der Waals surface area contributed by atoms with Gasteiger partial charge in [-0.3, -0.25) is 5.32 Å². The lowest BCUT2D eigenvalue weighted by Gasteiger charge is -2.20. The average Bonchev–Trinajstić information content (AvgIpc) is 2.89. The number of aliphatic hydroxyl groups is 1. The van der Waals surface area contributed by atoms with Crippen molar-refractivity contribution >= 4 is 11.9 Å². The number of hydrogen-bond acceptors (Lipinski definition) is 5. The smallest absolute Gasteiger partial charge is 0.413 e. The van der Waals surface area contributed by atoms with Gasteiger partial charge in [-0.05, 0) is 38.8 Å². The Morgan fingerprint density at radius 2 is 2.29 bits per heavy atom. The molecule has 1 amide bonds. The first-order chi connectivity index (χ1) is 9.89. The van der Waals surface area contributed by atoms with E-state index >= 15 is 0 Å². The molecule has 2 N–H and O–H groups in total. The van der Waals surface area contributed by atoms with Crippen molar-refractivity contribution < 1.29 is 19.4 Å². The molecule has 1 aliphatic heterocycles. The lowest BCUT2D eigenvalue weighted by Crippen LogP contribution is -2.27. The van der Waals surface area contributed by atoms with Crippen molar-refractivity contribution in [2.24, 2.45) is 0 Å². The number of nitrogens with zero attached hydrogens (tertiary/aromatic N) is 1. The van der Waals surface area contributed by atoms with Gasteiger partial charge in [0.15, 0.2) is 0 Å². The number of aromatic nitrogens is 1. The first-order valence-corrected chi connectivity index (χ1v) is 7.07. The van der Waals surface area contributed by atoms with E-state index in [9.17, 15) is 9.90 Å². The molecule has 1 aliphatic rings. The van der Waals surface area contributed by atoms with Crippen LogP contribution >= 0.6 is 0 Å². The number of carbonyl (C=O) groups excluding carboxylic acids is 1. The van der Waals surface area contributed by atoms with E-state index in [1.165, 1.54) is 0 Å². The zero-order valence-corrected chi connectivity index (χ0v) is 12.7. The second-order valence-electron chi connectivity index (χ2n) is 6.08. The summed E-state index contributed by atoms with van der Waals surface area (Å²) in [6, 6.07) is 3.60. The highest BCUT2D eigenvalue weighted by atomic mass is 16.6. The molecular formula is C15H22N2O4. The van der Waals surface area contributed by atoms with Crippen LogP contribution in [-0.2, 0) is 16.1 Å². The van der Waals surface area contributed by atoms with Crippen LogP contribution in [0.2, 0.25) is 0 Å². The van der Waals surface area contributed by atoms with Crippen molar-refractivity contribution in [1.82, 2.24) is 4.98 Å². The van der Waals surface area contributed by atoms with Crippen LogP contribution in [0.15, 0.2) is 12.1 Å². The minimum absolute atomic E-state index is 0.171. The van der Waals surface area contributed by atoms with E-state index in [-0.39, 0.29) is 12.5 Å². The molecule has 116 valence electrons. The summed E-state index contributed by atoms with van der Waals surface area (Å²) in [4.78, 5) is 16.0. The van der Waals surface area contributed by atoms with Crippen molar-refractivity contribution in [2.45, 2.75) is 45.3 Å². The summed E-state index contributed by atoms with van der Waals surface area (Å²) in [5, 5.41) is 12.1. The highest BCUT2D eigenvalue weighted by Gasteiger charge is 2.22. The van der Waals surface area contributed by atoms with Crippen LogP contribution in [-0.4, -0.2) is 35.0 Å². The summed E-state index contributed by atoms with van der Waals surface area (Å²) in [6.07, 6.45) is 0.365. The SMILES string of the molecule is CC(C)(C)OC(=O)Nc1ccc(C2CCOC2)c(CO)n1. The number of hydrogen-bond donors (Lipinski definition) is 2. The number of carbonyl (C=O) groups is 1. The number of amides is 1. The summed E-state index contributed by atoms with van der Waals surface area (Å²) in [6.45, 7) is 6.59. The van der Waals surface area contributed by atoms with E-state index in [1.807, 2.05) is 6.07 Å². The summed E-state index contributed by atoms with van der Waals surface area (Å²) in [7, 11) is 0. The van der Waals surface area contributed by atoms with Crippen LogP contribution in [0.1, 0.15) is 44.4 Å². The van der Waals surface area contributed by atoms with Crippen molar-refractivity contribution in [2.75, 3.05) is 18.5 Å². The fourth-order valence-corrected chi connectivity index (χ4v) is 2.27. The molecule has 2 rings (SSSR count). The Balaban J connectivity index is 2.09. The molecule has 0 radical (unpaired) electrons. The normalized spacial score (nSPS) is 18.6. The molecule has 1 fully saturated rings. The predicted octanol–water partition coefficient (Wildman–Crippen LogP) is 2.42. The molecule has 1 unspecified atom stereocenters. The minimum atomic E-state index is -0.564. The van der Waals surface area contributed by atoms with Crippen molar-refractivity contribution in [1.29, 1.82) is 0 Å². The third-order valence-electron chi connectivity index (χ3n) is 3.16. The Morgan fingerprint density at radius 1 is 1.52 bits per heavy atom. The highest BCUT2D eigenvalue weighted by Crippen LogP contribution is 2.28. The topological polar surface area (TPSA) is 80.7 Å². The van der Waals surface area contributed by atoms with Crippen LogP contribution in [0, 0.1) is 0 Å². The van der Waals surface area contributed by atoms with Gasteiger partial charge in [-0.1, -0.05) is 6.07 Å². The van der Waals surface area contributed by atoms with Gasteiger partial charge in [-0.15, -0.1) is 0 Å². The van der Waals surface area contributed by atoms with Gasteiger partial charge in [-0.25, -0.2) is 9.78 Å². The first-order valence-electron chi connectivity index (χ1n) is 7.07. The van der Waals surface area contributed by atoms with Gasteiger partial charge in [0.2, 0.25) is 0 Å². The van der Waals surface area contributed by atoms with Gasteiger partial charge >= 0.3 is 6.09 Å². The molecule has 0 bridgehead atoms. The van der Waals surface area contributed by atoms with E-state index in [0.29, 0.717) is 18.1 Å². The van der Waals surface area contributed by atoms with Crippen LogP contribution in [0.5, 0.6) is 0 Å². The van der Waals surface area contributed by atoms with E-state index < -0.39 is 11.7 Å². The molecule has 2 heterocycles. The standard InChI is InChI=1S/C15H22N2O4/c1-15(2,3)21-14(19)17-13-5-4-11(12(8-18)16-13)10-6-7-20-9-10/h4-5,10,18H,6-9H2,1-3H3,(H,16,17,19). The summed E-state index contributed by atoms with van der Waals surface area (Å²) in [5.41, 5.74) is 0.981. The van der Waals surface area contributed by atoms with Crippen LogP contribution in [0.25, 0.3) is 0 Å². The van der Waals surface area contributed by atoms with Crippen molar-refractivity contribution in [3.63, 3.8) is 0 Å². The number of anilines is 1. The molecule has 6 heteroatoms. The number of ether oxygens (including phenoxy) is 2. The van der Waals surface area contributed by atoms with E-state index in [4.69, 9.17) is 9.47 Å². The average molecular weight is 294 g/mol. The number of aliphatic hydroxyl groups excluding tert-OH is 1. The maximum Gasteiger partial charge on any atom is 0.413 e. The Kier molecular flexibility index (Phi) is 4.80. The van der Waals surface area contributed by atoms with Gasteiger partial charge in [0.25, 0.3) is 0 Å². The van der Waals surface area contributed by atoms with Crippen molar-refractivity contribution in [3.8, 4) is 0 Å². The van der Waals surface area contributed by atoms with Gasteiger partial charge in [0.05, 0.1) is 18.9 Å². The van der Waals surface area contributed by atoms with Crippen LogP contribution < -0.4 is 5.32 Å². The van der Waals surface area contributed by atoms with E-state index in [0.717, 1.165) is 18.6 Å². The maximum atomic E-state index is 11.7. The van der Waals surface area contributed by atoms with Gasteiger partial charge in [0, 0.05) is 12.5 Å². The fraction of sp³-hybridized carbons (Fsp3) is 0.600. The van der Waals surface area contributed by atoms with Gasteiger partial charge in [-0.2, -0.15) is 0 Å². The highest BCUT2D eigenvalue weighted by molar-refractivity contribution is 5.83. The molecular weight excluding hydrogens is 272 g/mol. The zero-order valence-electron chi connectivity index (χ0n) is 12.7. The van der Waals surface area contributed by atoms with Gasteiger partial charge in [0.1, 0.15) is 11.4 Å². The molecule has 1 atom stereocenters. The Bertz CT molecular complexity index is 505. The first kappa shape index (κ1) is 15.7. The van der Waals surface area contributed by atoms with Crippen LogP contribution in [0.4, 0.5) is 10.6 Å². The van der Waals surface area contributed by atoms with Crippen molar-refractivity contribution in [3.05, 3.63) is 23.4 Å². The molecule has 1 aromatic rings. The molecule has 21 heavy (non-hydrogen) atoms. The zero-order chi connectivity index (χ0) is 15.5. The molecule has 6 nitrogen and oxygen atoms in total. The molecule has 1 aromatic heterocycles. The summed E-state index contributed by atoms with van der Waals surface area (Å²) >= 11 is 0. The Hall–Kier alpha value is -1.66. The van der Waals surface area contributed by atoms with Crippen LogP contribution in [0.3, 0.4) is 0 Å². The third kappa shape index (κ3) is 4.41. The minimum Gasteiger partial charge on any atom is -0.444 e. The maximum absolute atomic E-state index is 11.7. The second-order valence-corrected chi connectivity index (χ2v) is 6.08. The fourth-order valence-electron chi connectivity index (χ4n) is 2.27. The largest absolute Gasteiger partial charge is 0.444 e. The lowest BCUT2D eigenvalue weighted by molar-refractivity contribution is 0.0635. The van der Waals surface area contributed by atoms with E-state index in [2.05, 4.69) is 10.3 Å². The lowest BCUT2D eigenvalue weighted by atomic mass is 9.97. The Morgan fingerprint density at radius 3 is 2.86 bits per heavy atom. The molecule has 0 aromatic carbocycles. The number of pyridine rings is 1. The monoisotopic (exact) mass is 294 g/mol. The van der Waals surface area contributed by atoms with Gasteiger partial charge < -0.3 is 14.6 Å². The quantitative estimate of drug-likeness (QED) is 0.895. The Labute approximate surface area is 124 Å². The third-order valence-corrected chi connectivity index (χ3v) is 3.16.